The molecule has 0 fully saturated rings. The summed E-state index contributed by atoms with van der Waals surface area (Å²) in [5, 5.41) is 8.74. The van der Waals surface area contributed by atoms with Gasteiger partial charge in [0.05, 0.1) is 11.6 Å². The molecule has 2 rings (SSSR count). The summed E-state index contributed by atoms with van der Waals surface area (Å²) in [5.74, 6) is 0. The van der Waals surface area contributed by atoms with Crippen LogP contribution in [0.25, 0.3) is 0 Å². The minimum absolute atomic E-state index is 0.697. The van der Waals surface area contributed by atoms with Gasteiger partial charge in [-0.1, -0.05) is 28.1 Å². The molecule has 1 heterocycles. The van der Waals surface area contributed by atoms with Crippen molar-refractivity contribution in [3.8, 4) is 6.07 Å². The molecule has 1 aromatic carbocycles. The van der Waals surface area contributed by atoms with Crippen LogP contribution >= 0.6 is 15.9 Å². The average molecular weight is 263 g/mol. The van der Waals surface area contributed by atoms with E-state index >= 15 is 0 Å². The maximum atomic E-state index is 8.74. The molecule has 2 nitrogen and oxygen atoms in total. The molecule has 3 heteroatoms. The Morgan fingerprint density at radius 1 is 1.47 bits per heavy atom. The van der Waals surface area contributed by atoms with Crippen molar-refractivity contribution in [1.29, 1.82) is 5.26 Å². The minimum Gasteiger partial charge on any atom is -0.373 e. The van der Waals surface area contributed by atoms with Crippen molar-refractivity contribution in [1.82, 2.24) is 4.90 Å². The number of nitrogens with zero attached hydrogens (tertiary/aromatic N) is 2. The topological polar surface area (TPSA) is 27.0 Å². The molecule has 0 spiro atoms. The van der Waals surface area contributed by atoms with Gasteiger partial charge in [-0.25, -0.2) is 0 Å². The Hall–Kier alpha value is -1.27. The summed E-state index contributed by atoms with van der Waals surface area (Å²) in [5.41, 5.74) is 1.92. The van der Waals surface area contributed by atoms with Crippen LogP contribution < -0.4 is 0 Å². The lowest BCUT2D eigenvalue weighted by Gasteiger charge is -2.16. The van der Waals surface area contributed by atoms with Crippen molar-refractivity contribution in [2.24, 2.45) is 0 Å². The molecule has 0 radical (unpaired) electrons. The van der Waals surface area contributed by atoms with E-state index in [-0.39, 0.29) is 0 Å². The quantitative estimate of drug-likeness (QED) is 0.820. The summed E-state index contributed by atoms with van der Waals surface area (Å²) in [6.45, 7) is 2.00. The van der Waals surface area contributed by atoms with Gasteiger partial charge in [-0.2, -0.15) is 5.26 Å². The zero-order valence-electron chi connectivity index (χ0n) is 8.28. The first-order valence-corrected chi connectivity index (χ1v) is 5.68. The van der Waals surface area contributed by atoms with Gasteiger partial charge in [0, 0.05) is 17.6 Å². The van der Waals surface area contributed by atoms with Gasteiger partial charge < -0.3 is 4.90 Å². The molecular weight excluding hydrogens is 252 g/mol. The van der Waals surface area contributed by atoms with Gasteiger partial charge in [0.2, 0.25) is 0 Å². The molecule has 0 atom stereocenters. The van der Waals surface area contributed by atoms with Crippen LogP contribution in [0, 0.1) is 11.3 Å². The zero-order chi connectivity index (χ0) is 10.7. The first-order chi connectivity index (χ1) is 7.29. The van der Waals surface area contributed by atoms with E-state index in [0.29, 0.717) is 5.56 Å². The van der Waals surface area contributed by atoms with Crippen LogP contribution in [0.3, 0.4) is 0 Å². The van der Waals surface area contributed by atoms with Crippen LogP contribution in [0.2, 0.25) is 0 Å². The standard InChI is InChI=1S/C12H11BrN2/c13-12-7-10(8-14)3-4-11(12)9-15-5-1-2-6-15/h1,3-5,7H,2,6,9H2. The van der Waals surface area contributed by atoms with Gasteiger partial charge in [0.15, 0.2) is 0 Å². The monoisotopic (exact) mass is 262 g/mol. The number of hydrogen-bond donors (Lipinski definition) is 0. The number of nitriles is 1. The van der Waals surface area contributed by atoms with E-state index in [4.69, 9.17) is 5.26 Å². The molecule has 1 aliphatic rings. The van der Waals surface area contributed by atoms with Gasteiger partial charge in [0.1, 0.15) is 0 Å². The lowest BCUT2D eigenvalue weighted by molar-refractivity contribution is 0.399. The predicted octanol–water partition coefficient (Wildman–Crippen LogP) is 3.04. The van der Waals surface area contributed by atoms with Crippen LogP contribution in [0.1, 0.15) is 17.5 Å². The summed E-state index contributed by atoms with van der Waals surface area (Å²) in [4.78, 5) is 2.27. The van der Waals surface area contributed by atoms with E-state index in [0.717, 1.165) is 24.0 Å². The molecule has 0 amide bonds. The Bertz CT molecular complexity index is 432. The summed E-state index contributed by atoms with van der Waals surface area (Å²) >= 11 is 3.49. The third kappa shape index (κ3) is 2.40. The summed E-state index contributed by atoms with van der Waals surface area (Å²) in [7, 11) is 0. The summed E-state index contributed by atoms with van der Waals surface area (Å²) in [6, 6.07) is 7.87. The lowest BCUT2D eigenvalue weighted by Crippen LogP contribution is -2.13. The molecule has 0 N–H and O–H groups in total. The molecule has 0 saturated carbocycles. The maximum Gasteiger partial charge on any atom is 0.0992 e. The first kappa shape index (κ1) is 10.3. The Balaban J connectivity index is 2.15. The molecule has 0 aliphatic carbocycles. The highest BCUT2D eigenvalue weighted by Crippen LogP contribution is 2.21. The smallest absolute Gasteiger partial charge is 0.0992 e. The number of hydrogen-bond acceptors (Lipinski definition) is 2. The molecule has 0 unspecified atom stereocenters. The second-order valence-electron chi connectivity index (χ2n) is 3.56. The van der Waals surface area contributed by atoms with Crippen molar-refractivity contribution in [2.45, 2.75) is 13.0 Å². The highest BCUT2D eigenvalue weighted by molar-refractivity contribution is 9.10. The highest BCUT2D eigenvalue weighted by atomic mass is 79.9. The minimum atomic E-state index is 0.697. The maximum absolute atomic E-state index is 8.74. The molecular formula is C12H11BrN2. The molecule has 1 aliphatic heterocycles. The van der Waals surface area contributed by atoms with Crippen molar-refractivity contribution in [2.75, 3.05) is 6.54 Å². The predicted molar refractivity (Wildman–Crippen MR) is 63.0 cm³/mol. The van der Waals surface area contributed by atoms with Crippen LogP contribution in [-0.2, 0) is 6.54 Å². The number of halogens is 1. The molecule has 0 bridgehead atoms. The van der Waals surface area contributed by atoms with Crippen molar-refractivity contribution < 1.29 is 0 Å². The van der Waals surface area contributed by atoms with Crippen LogP contribution in [0.4, 0.5) is 0 Å². The van der Waals surface area contributed by atoms with E-state index in [1.165, 1.54) is 5.56 Å². The van der Waals surface area contributed by atoms with E-state index in [1.54, 1.807) is 0 Å². The molecule has 1 aromatic rings. The van der Waals surface area contributed by atoms with Crippen LogP contribution in [0.5, 0.6) is 0 Å². The Morgan fingerprint density at radius 2 is 2.33 bits per heavy atom. The van der Waals surface area contributed by atoms with E-state index in [2.05, 4.69) is 39.2 Å². The van der Waals surface area contributed by atoms with Crippen LogP contribution in [0.15, 0.2) is 34.9 Å². The van der Waals surface area contributed by atoms with Crippen molar-refractivity contribution in [3.63, 3.8) is 0 Å². The third-order valence-electron chi connectivity index (χ3n) is 2.45. The fourth-order valence-corrected chi connectivity index (χ4v) is 2.14. The largest absolute Gasteiger partial charge is 0.373 e. The van der Waals surface area contributed by atoms with Crippen molar-refractivity contribution in [3.05, 3.63) is 46.1 Å². The van der Waals surface area contributed by atoms with Gasteiger partial charge in [-0.3, -0.25) is 0 Å². The fourth-order valence-electron chi connectivity index (χ4n) is 1.63. The first-order valence-electron chi connectivity index (χ1n) is 4.89. The number of benzene rings is 1. The third-order valence-corrected chi connectivity index (χ3v) is 3.19. The Kier molecular flexibility index (Phi) is 3.08. The summed E-state index contributed by atoms with van der Waals surface area (Å²) < 4.78 is 1.02. The highest BCUT2D eigenvalue weighted by Gasteiger charge is 2.07. The van der Waals surface area contributed by atoms with E-state index in [1.807, 2.05) is 18.2 Å². The summed E-state index contributed by atoms with van der Waals surface area (Å²) in [6.07, 6.45) is 5.44. The lowest BCUT2D eigenvalue weighted by atomic mass is 10.1. The zero-order valence-corrected chi connectivity index (χ0v) is 9.87. The Morgan fingerprint density at radius 3 is 2.93 bits per heavy atom. The number of rotatable bonds is 2. The fraction of sp³-hybridized carbons (Fsp3) is 0.250. The Labute approximate surface area is 97.9 Å². The normalized spacial score (nSPS) is 14.3. The van der Waals surface area contributed by atoms with Gasteiger partial charge in [0.25, 0.3) is 0 Å². The van der Waals surface area contributed by atoms with E-state index in [9.17, 15) is 0 Å². The SMILES string of the molecule is N#Cc1ccc(CN2C=CCC2)c(Br)c1. The molecule has 15 heavy (non-hydrogen) atoms. The van der Waals surface area contributed by atoms with Gasteiger partial charge in [-0.15, -0.1) is 0 Å². The van der Waals surface area contributed by atoms with Crippen LogP contribution in [-0.4, -0.2) is 11.4 Å². The second kappa shape index (κ2) is 4.50. The molecule has 0 aromatic heterocycles. The average Bonchev–Trinajstić information content (AvgIpc) is 2.74. The van der Waals surface area contributed by atoms with Gasteiger partial charge >= 0.3 is 0 Å². The van der Waals surface area contributed by atoms with Crippen molar-refractivity contribution >= 4 is 15.9 Å². The van der Waals surface area contributed by atoms with E-state index < -0.39 is 0 Å². The molecule has 76 valence electrons. The van der Waals surface area contributed by atoms with Gasteiger partial charge in [-0.05, 0) is 30.3 Å². The molecule has 0 saturated heterocycles. The second-order valence-corrected chi connectivity index (χ2v) is 4.42.